The largest absolute Gasteiger partial charge is 0.469 e. The van der Waals surface area contributed by atoms with Crippen molar-refractivity contribution in [3.63, 3.8) is 0 Å². The first-order chi connectivity index (χ1) is 15.1. The number of imidazole rings is 1. The topological polar surface area (TPSA) is 88.0 Å². The van der Waals surface area contributed by atoms with E-state index in [0.717, 1.165) is 21.1 Å². The zero-order valence-corrected chi connectivity index (χ0v) is 18.5. The second kappa shape index (κ2) is 9.76. The number of fused-ring (bicyclic) bond motifs is 1. The predicted molar refractivity (Wildman–Crippen MR) is 121 cm³/mol. The highest BCUT2D eigenvalue weighted by Crippen LogP contribution is 2.21. The summed E-state index contributed by atoms with van der Waals surface area (Å²) in [5, 5.41) is 4.18. The Balaban J connectivity index is 1.44. The number of benzene rings is 2. The summed E-state index contributed by atoms with van der Waals surface area (Å²) in [6.45, 7) is 0.707. The molecule has 0 aliphatic heterocycles. The molecule has 9 heteroatoms. The number of aromatic amines is 1. The number of nitrogens with one attached hydrogen (secondary N) is 2. The number of ether oxygens (including phenoxy) is 1. The molecule has 0 spiro atoms. The molecule has 0 aliphatic carbocycles. The molecule has 2 aromatic carbocycles. The molecular weight excluding hydrogens is 432 g/mol. The van der Waals surface area contributed by atoms with Crippen LogP contribution in [0.2, 0.25) is 0 Å². The van der Waals surface area contributed by atoms with Crippen LogP contribution in [-0.4, -0.2) is 34.7 Å². The monoisotopic (exact) mass is 453 g/mol. The third kappa shape index (κ3) is 5.31. The molecule has 2 aromatic heterocycles. The van der Waals surface area contributed by atoms with Gasteiger partial charge in [0.1, 0.15) is 6.54 Å². The van der Waals surface area contributed by atoms with Crippen molar-refractivity contribution in [1.29, 1.82) is 0 Å². The van der Waals surface area contributed by atoms with E-state index in [1.54, 1.807) is 6.20 Å². The van der Waals surface area contributed by atoms with E-state index in [9.17, 15) is 9.59 Å². The molecule has 7 nitrogen and oxygen atoms in total. The number of hydrogen-bond donors (Lipinski definition) is 2. The molecule has 1 amide bonds. The van der Waals surface area contributed by atoms with E-state index in [1.165, 1.54) is 35.8 Å². The first-order valence-corrected chi connectivity index (χ1v) is 11.4. The van der Waals surface area contributed by atoms with Crippen molar-refractivity contribution in [3.05, 3.63) is 71.2 Å². The van der Waals surface area contributed by atoms with Gasteiger partial charge < -0.3 is 10.1 Å². The van der Waals surface area contributed by atoms with E-state index < -0.39 is 0 Å². The molecule has 0 saturated carbocycles. The molecular formula is C22H21N4O3S2+. The van der Waals surface area contributed by atoms with Crippen LogP contribution in [0.5, 0.6) is 0 Å². The van der Waals surface area contributed by atoms with Crippen LogP contribution in [-0.2, 0) is 27.3 Å². The van der Waals surface area contributed by atoms with Crippen molar-refractivity contribution in [2.24, 2.45) is 0 Å². The zero-order valence-electron chi connectivity index (χ0n) is 16.8. The third-order valence-electron chi connectivity index (χ3n) is 4.55. The maximum Gasteiger partial charge on any atom is 0.317 e. The van der Waals surface area contributed by atoms with Gasteiger partial charge in [0, 0.05) is 11.1 Å². The number of nitrogens with zero attached hydrogens (tertiary/aromatic N) is 2. The molecule has 4 rings (SSSR count). The number of aromatic nitrogens is 3. The van der Waals surface area contributed by atoms with Crippen molar-refractivity contribution >= 4 is 51.1 Å². The molecule has 0 fully saturated rings. The number of esters is 1. The highest BCUT2D eigenvalue weighted by atomic mass is 32.2. The van der Waals surface area contributed by atoms with Gasteiger partial charge in [0.05, 0.1) is 19.3 Å². The fourth-order valence-electron chi connectivity index (χ4n) is 3.09. The van der Waals surface area contributed by atoms with Crippen LogP contribution >= 0.6 is 23.1 Å². The quantitative estimate of drug-likeness (QED) is 0.243. The maximum absolute atomic E-state index is 12.5. The van der Waals surface area contributed by atoms with Crippen molar-refractivity contribution in [1.82, 2.24) is 9.97 Å². The van der Waals surface area contributed by atoms with Crippen molar-refractivity contribution in [2.75, 3.05) is 18.2 Å². The Morgan fingerprint density at radius 2 is 1.94 bits per heavy atom. The second-order valence-corrected chi connectivity index (χ2v) is 8.82. The van der Waals surface area contributed by atoms with Crippen LogP contribution in [0.25, 0.3) is 11.0 Å². The van der Waals surface area contributed by atoms with Gasteiger partial charge in [-0.15, -0.1) is 11.3 Å². The van der Waals surface area contributed by atoms with Crippen molar-refractivity contribution < 1.29 is 18.9 Å². The summed E-state index contributed by atoms with van der Waals surface area (Å²) in [5.41, 5.74) is 3.29. The number of thioether (sulfide) groups is 1. The number of thiazole rings is 1. The lowest BCUT2D eigenvalue weighted by molar-refractivity contribution is -0.700. The summed E-state index contributed by atoms with van der Waals surface area (Å²) in [7, 11) is 1.34. The summed E-state index contributed by atoms with van der Waals surface area (Å²) in [5.74, 6) is -0.263. The Labute approximate surface area is 187 Å². The maximum atomic E-state index is 12.5. The lowest BCUT2D eigenvalue weighted by atomic mass is 10.2. The van der Waals surface area contributed by atoms with Gasteiger partial charge in [0.15, 0.2) is 16.2 Å². The second-order valence-electron chi connectivity index (χ2n) is 6.74. The Morgan fingerprint density at radius 3 is 2.74 bits per heavy atom. The van der Waals surface area contributed by atoms with Crippen LogP contribution < -0.4 is 9.88 Å². The van der Waals surface area contributed by atoms with E-state index >= 15 is 0 Å². The van der Waals surface area contributed by atoms with E-state index in [-0.39, 0.29) is 24.1 Å². The molecule has 0 unspecified atom stereocenters. The van der Waals surface area contributed by atoms with Crippen molar-refractivity contribution in [2.45, 2.75) is 18.1 Å². The SMILES string of the molecule is COC(=O)Cc1cnc(NC(=O)CSc2[nH]c3ccccc3[n+]2Cc2ccccc2)s1. The zero-order chi connectivity index (χ0) is 21.6. The number of rotatable bonds is 8. The van der Waals surface area contributed by atoms with Crippen LogP contribution in [0.4, 0.5) is 5.13 Å². The van der Waals surface area contributed by atoms with Crippen LogP contribution in [0.15, 0.2) is 66.0 Å². The van der Waals surface area contributed by atoms with Gasteiger partial charge in [-0.25, -0.2) is 14.5 Å². The summed E-state index contributed by atoms with van der Waals surface area (Å²) < 4.78 is 6.84. The predicted octanol–water partition coefficient (Wildman–Crippen LogP) is 3.41. The minimum atomic E-state index is -0.334. The first kappa shape index (κ1) is 21.1. The number of H-pyrrole nitrogens is 1. The molecule has 0 saturated heterocycles. The van der Waals surface area contributed by atoms with Crippen LogP contribution in [0.3, 0.4) is 0 Å². The first-order valence-electron chi connectivity index (χ1n) is 9.61. The smallest absolute Gasteiger partial charge is 0.317 e. The van der Waals surface area contributed by atoms with Crippen LogP contribution in [0.1, 0.15) is 10.4 Å². The average Bonchev–Trinajstić information content (AvgIpc) is 3.37. The van der Waals surface area contributed by atoms with E-state index in [2.05, 4.69) is 42.8 Å². The lowest BCUT2D eigenvalue weighted by Crippen LogP contribution is -2.35. The summed E-state index contributed by atoms with van der Waals surface area (Å²) in [6.07, 6.45) is 1.73. The Hall–Kier alpha value is -3.17. The molecule has 2 N–H and O–H groups in total. The number of carbonyl (C=O) groups excluding carboxylic acids is 2. The van der Waals surface area contributed by atoms with Crippen molar-refractivity contribution in [3.8, 4) is 0 Å². The normalized spacial score (nSPS) is 10.9. The summed E-state index contributed by atoms with van der Waals surface area (Å²) in [4.78, 5) is 32.2. The molecule has 4 aromatic rings. The molecule has 158 valence electrons. The molecule has 0 atom stereocenters. The van der Waals surface area contributed by atoms with Gasteiger partial charge in [-0.3, -0.25) is 9.59 Å². The minimum absolute atomic E-state index is 0.146. The summed E-state index contributed by atoms with van der Waals surface area (Å²) >= 11 is 2.71. The number of methoxy groups -OCH3 is 1. The van der Waals surface area contributed by atoms with Gasteiger partial charge in [0.25, 0.3) is 0 Å². The molecule has 0 bridgehead atoms. The number of para-hydroxylation sites is 2. The van der Waals surface area contributed by atoms with Gasteiger partial charge in [-0.05, 0) is 29.5 Å². The molecule has 0 radical (unpaired) electrons. The van der Waals surface area contributed by atoms with Crippen LogP contribution in [0, 0.1) is 0 Å². The average molecular weight is 454 g/mol. The molecule has 2 heterocycles. The Kier molecular flexibility index (Phi) is 6.63. The van der Waals surface area contributed by atoms with Gasteiger partial charge in [-0.2, -0.15) is 0 Å². The summed E-state index contributed by atoms with van der Waals surface area (Å²) in [6, 6.07) is 18.3. The fourth-order valence-corrected chi connectivity index (χ4v) is 4.75. The standard InChI is InChI=1S/C22H20N4O3S2/c1-29-20(28)11-16-12-23-21(31-16)25-19(27)14-30-22-24-17-9-5-6-10-18(17)26(22)13-15-7-3-2-4-8-15/h2-10,12H,11,13-14H2,1H3,(H,23,25,27)/p+1. The van der Waals surface area contributed by atoms with E-state index in [1.807, 2.05) is 36.4 Å². The van der Waals surface area contributed by atoms with E-state index in [0.29, 0.717) is 11.7 Å². The Bertz CT molecular complexity index is 1200. The number of hydrogen-bond acceptors (Lipinski definition) is 6. The fraction of sp³-hybridized carbons (Fsp3) is 0.182. The highest BCUT2D eigenvalue weighted by molar-refractivity contribution is 7.99. The molecule has 31 heavy (non-hydrogen) atoms. The molecule has 0 aliphatic rings. The van der Waals surface area contributed by atoms with E-state index in [4.69, 9.17) is 0 Å². The number of carbonyl (C=O) groups is 2. The third-order valence-corrected chi connectivity index (χ3v) is 6.47. The number of anilines is 1. The number of amides is 1. The van der Waals surface area contributed by atoms with Gasteiger partial charge >= 0.3 is 11.1 Å². The highest BCUT2D eigenvalue weighted by Gasteiger charge is 2.20. The Morgan fingerprint density at radius 1 is 1.16 bits per heavy atom. The van der Waals surface area contributed by atoms with Gasteiger partial charge in [-0.1, -0.05) is 42.5 Å². The lowest BCUT2D eigenvalue weighted by Gasteiger charge is -2.03. The minimum Gasteiger partial charge on any atom is -0.469 e. The van der Waals surface area contributed by atoms with Gasteiger partial charge in [0.2, 0.25) is 5.91 Å².